The molecule has 0 bridgehead atoms. The predicted molar refractivity (Wildman–Crippen MR) is 103 cm³/mol. The number of carbonyl (C=O) groups is 1. The quantitative estimate of drug-likeness (QED) is 0.429. The molecule has 2 aromatic rings. The minimum absolute atomic E-state index is 0.0381. The smallest absolute Gasteiger partial charge is 0.254 e. The molecule has 0 saturated heterocycles. The zero-order valence-electron chi connectivity index (χ0n) is 15.1. The second-order valence-corrected chi connectivity index (χ2v) is 6.97. The van der Waals surface area contributed by atoms with E-state index in [4.69, 9.17) is 10.5 Å². The molecule has 1 aromatic carbocycles. The molecule has 1 aliphatic heterocycles. The number of rotatable bonds is 5. The van der Waals surface area contributed by atoms with Crippen LogP contribution in [0.2, 0.25) is 0 Å². The Morgan fingerprint density at radius 1 is 1.29 bits per heavy atom. The highest BCUT2D eigenvalue weighted by Crippen LogP contribution is 2.31. The van der Waals surface area contributed by atoms with Crippen LogP contribution in [-0.2, 0) is 0 Å². The summed E-state index contributed by atoms with van der Waals surface area (Å²) in [5, 5.41) is 28.5. The number of aliphatic hydroxyl groups is 2. The highest BCUT2D eigenvalue weighted by atomic mass is 16.5. The molecule has 1 fully saturated rings. The standard InChI is InChI=1S/C18H22N6O4/c19-16(27)13-7-21-18(24-17(13)22-10-3-11(25)4-10)23-9-1-2-15-14(5-9)20-6-12(26)8-28-15/h1-2,5,7,10-12,20,25-26H,3-4,6,8H2,(H2,19,27)(H2,21,22,23,24)/t10?,11?,12-/m0/s1. The fraction of sp³-hybridized carbons (Fsp3) is 0.389. The number of aliphatic hydroxyl groups excluding tert-OH is 2. The Morgan fingerprint density at radius 2 is 2.11 bits per heavy atom. The summed E-state index contributed by atoms with van der Waals surface area (Å²) >= 11 is 0. The van der Waals surface area contributed by atoms with Crippen molar-refractivity contribution in [2.24, 2.45) is 5.73 Å². The number of primary amides is 1. The summed E-state index contributed by atoms with van der Waals surface area (Å²) in [6.45, 7) is 0.622. The lowest BCUT2D eigenvalue weighted by Gasteiger charge is -2.32. The molecule has 1 atom stereocenters. The van der Waals surface area contributed by atoms with E-state index in [9.17, 15) is 15.0 Å². The van der Waals surface area contributed by atoms with Crippen LogP contribution in [0.5, 0.6) is 5.75 Å². The minimum atomic E-state index is -0.626. The molecule has 28 heavy (non-hydrogen) atoms. The molecule has 0 spiro atoms. The topological polar surface area (TPSA) is 155 Å². The first-order chi connectivity index (χ1) is 13.5. The monoisotopic (exact) mass is 386 g/mol. The number of benzene rings is 1. The van der Waals surface area contributed by atoms with E-state index < -0.39 is 12.0 Å². The van der Waals surface area contributed by atoms with E-state index in [-0.39, 0.29) is 24.3 Å². The Kier molecular flexibility index (Phi) is 4.88. The lowest BCUT2D eigenvalue weighted by molar-refractivity contribution is 0.0835. The zero-order chi connectivity index (χ0) is 19.7. The molecule has 1 aliphatic carbocycles. The number of hydrogen-bond acceptors (Lipinski definition) is 9. The van der Waals surface area contributed by atoms with E-state index in [1.807, 2.05) is 6.07 Å². The van der Waals surface area contributed by atoms with Crippen molar-refractivity contribution in [1.82, 2.24) is 9.97 Å². The summed E-state index contributed by atoms with van der Waals surface area (Å²) in [5.74, 6) is 0.653. The van der Waals surface area contributed by atoms with E-state index in [1.165, 1.54) is 6.20 Å². The molecule has 7 N–H and O–H groups in total. The van der Waals surface area contributed by atoms with Crippen LogP contribution in [0.3, 0.4) is 0 Å². The Hall–Kier alpha value is -3.11. The molecule has 2 heterocycles. The van der Waals surface area contributed by atoms with E-state index in [0.29, 0.717) is 42.6 Å². The van der Waals surface area contributed by atoms with Gasteiger partial charge in [0, 0.05) is 24.5 Å². The highest BCUT2D eigenvalue weighted by molar-refractivity contribution is 5.97. The molecule has 0 unspecified atom stereocenters. The number of aromatic nitrogens is 2. The number of anilines is 4. The van der Waals surface area contributed by atoms with Gasteiger partial charge in [0.05, 0.1) is 17.4 Å². The second-order valence-electron chi connectivity index (χ2n) is 6.97. The summed E-state index contributed by atoms with van der Waals surface area (Å²) in [6.07, 6.45) is 1.64. The van der Waals surface area contributed by atoms with Crippen molar-refractivity contribution in [1.29, 1.82) is 0 Å². The third kappa shape index (κ3) is 3.92. The predicted octanol–water partition coefficient (Wildman–Crippen LogP) is 0.419. The van der Waals surface area contributed by atoms with Crippen molar-refractivity contribution in [2.45, 2.75) is 31.1 Å². The molecule has 1 saturated carbocycles. The first-order valence-corrected chi connectivity index (χ1v) is 9.05. The van der Waals surface area contributed by atoms with Gasteiger partial charge in [-0.2, -0.15) is 4.98 Å². The first kappa shape index (κ1) is 18.3. The summed E-state index contributed by atoms with van der Waals surface area (Å²) < 4.78 is 5.54. The van der Waals surface area contributed by atoms with Gasteiger partial charge < -0.3 is 36.6 Å². The Labute approximate surface area is 161 Å². The fourth-order valence-electron chi connectivity index (χ4n) is 3.10. The maximum atomic E-state index is 11.7. The van der Waals surface area contributed by atoms with Crippen molar-refractivity contribution >= 4 is 29.0 Å². The average Bonchev–Trinajstić information content (AvgIpc) is 2.82. The summed E-state index contributed by atoms with van der Waals surface area (Å²) in [5.41, 5.74) is 7.06. The summed E-state index contributed by atoms with van der Waals surface area (Å²) in [7, 11) is 0. The van der Waals surface area contributed by atoms with Gasteiger partial charge in [-0.1, -0.05) is 0 Å². The van der Waals surface area contributed by atoms with Crippen LogP contribution in [0.15, 0.2) is 24.4 Å². The van der Waals surface area contributed by atoms with Crippen LogP contribution in [0, 0.1) is 0 Å². The molecule has 4 rings (SSSR count). The third-order valence-corrected chi connectivity index (χ3v) is 4.70. The second kappa shape index (κ2) is 7.49. The number of nitrogens with one attached hydrogen (secondary N) is 3. The van der Waals surface area contributed by atoms with Crippen LogP contribution in [0.1, 0.15) is 23.2 Å². The third-order valence-electron chi connectivity index (χ3n) is 4.70. The number of nitrogens with zero attached hydrogens (tertiary/aromatic N) is 2. The van der Waals surface area contributed by atoms with Crippen LogP contribution in [-0.4, -0.2) is 57.5 Å². The number of nitrogens with two attached hydrogens (primary N) is 1. The minimum Gasteiger partial charge on any atom is -0.489 e. The highest BCUT2D eigenvalue weighted by Gasteiger charge is 2.28. The number of ether oxygens (including phenoxy) is 1. The molecule has 2 aliphatic rings. The van der Waals surface area contributed by atoms with Crippen LogP contribution < -0.4 is 26.4 Å². The van der Waals surface area contributed by atoms with Crippen molar-refractivity contribution in [3.63, 3.8) is 0 Å². The van der Waals surface area contributed by atoms with Gasteiger partial charge in [-0.3, -0.25) is 4.79 Å². The number of hydrogen-bond donors (Lipinski definition) is 6. The molecule has 1 amide bonds. The number of fused-ring (bicyclic) bond motifs is 1. The van der Waals surface area contributed by atoms with E-state index in [0.717, 1.165) is 5.69 Å². The Balaban J connectivity index is 1.54. The zero-order valence-corrected chi connectivity index (χ0v) is 15.1. The SMILES string of the molecule is NC(=O)c1cnc(Nc2ccc3c(c2)NC[C@H](O)CO3)nc1NC1CC(O)C1. The molecule has 0 radical (unpaired) electrons. The summed E-state index contributed by atoms with van der Waals surface area (Å²) in [4.78, 5) is 20.2. The molecule has 10 heteroatoms. The molecular formula is C18H22N6O4. The van der Waals surface area contributed by atoms with Gasteiger partial charge in [0.25, 0.3) is 5.91 Å². The first-order valence-electron chi connectivity index (χ1n) is 9.05. The van der Waals surface area contributed by atoms with Gasteiger partial charge in [0.1, 0.15) is 24.3 Å². The van der Waals surface area contributed by atoms with Crippen molar-refractivity contribution in [2.75, 3.05) is 29.1 Å². The lowest BCUT2D eigenvalue weighted by atomic mass is 9.89. The van der Waals surface area contributed by atoms with E-state index in [2.05, 4.69) is 25.9 Å². The Morgan fingerprint density at radius 3 is 2.86 bits per heavy atom. The van der Waals surface area contributed by atoms with Gasteiger partial charge in [-0.05, 0) is 31.0 Å². The number of β-amino-alcohol motifs (C(OH)–C–C–N with tert-alkyl or cyclic N) is 1. The van der Waals surface area contributed by atoms with Crippen molar-refractivity contribution in [3.05, 3.63) is 30.0 Å². The number of amides is 1. The average molecular weight is 386 g/mol. The normalized spacial score (nSPS) is 23.3. The maximum absolute atomic E-state index is 11.7. The summed E-state index contributed by atoms with van der Waals surface area (Å²) in [6, 6.07) is 5.46. The van der Waals surface area contributed by atoms with Crippen molar-refractivity contribution in [3.8, 4) is 5.75 Å². The van der Waals surface area contributed by atoms with Gasteiger partial charge >= 0.3 is 0 Å². The van der Waals surface area contributed by atoms with Gasteiger partial charge in [-0.25, -0.2) is 4.98 Å². The molecule has 10 nitrogen and oxygen atoms in total. The lowest BCUT2D eigenvalue weighted by Crippen LogP contribution is -2.39. The van der Waals surface area contributed by atoms with Gasteiger partial charge in [0.15, 0.2) is 0 Å². The van der Waals surface area contributed by atoms with Crippen LogP contribution in [0.25, 0.3) is 0 Å². The maximum Gasteiger partial charge on any atom is 0.254 e. The Bertz CT molecular complexity index is 886. The molecule has 148 valence electrons. The molecular weight excluding hydrogens is 364 g/mol. The van der Waals surface area contributed by atoms with Gasteiger partial charge in [-0.15, -0.1) is 0 Å². The van der Waals surface area contributed by atoms with Crippen LogP contribution >= 0.6 is 0 Å². The molecule has 1 aromatic heterocycles. The fourth-order valence-corrected chi connectivity index (χ4v) is 3.10. The number of carbonyl (C=O) groups excluding carboxylic acids is 1. The van der Waals surface area contributed by atoms with Gasteiger partial charge in [0.2, 0.25) is 5.95 Å². The van der Waals surface area contributed by atoms with E-state index in [1.54, 1.807) is 12.1 Å². The van der Waals surface area contributed by atoms with E-state index >= 15 is 0 Å². The van der Waals surface area contributed by atoms with Crippen LogP contribution in [0.4, 0.5) is 23.1 Å². The van der Waals surface area contributed by atoms with Crippen molar-refractivity contribution < 1.29 is 19.7 Å². The largest absolute Gasteiger partial charge is 0.489 e.